The first-order valence-corrected chi connectivity index (χ1v) is 6.62. The van der Waals surface area contributed by atoms with E-state index in [-0.39, 0.29) is 10.8 Å². The first kappa shape index (κ1) is 12.5. The largest absolute Gasteiger partial charge is 0.384 e. The monoisotopic (exact) mass is 231 g/mol. The highest BCUT2D eigenvalue weighted by Gasteiger charge is 2.30. The molecule has 0 aliphatic carbocycles. The lowest BCUT2D eigenvalue weighted by molar-refractivity contribution is 0.526. The summed E-state index contributed by atoms with van der Waals surface area (Å²) < 4.78 is 0. The molecule has 1 heterocycles. The second kappa shape index (κ2) is 3.76. The highest BCUT2D eigenvalue weighted by Crippen LogP contribution is 2.40. The maximum atomic E-state index is 3.49. The molecule has 0 unspecified atom stereocenters. The average molecular weight is 231 g/mol. The minimum absolute atomic E-state index is 0.222. The quantitative estimate of drug-likeness (QED) is 0.704. The number of fused-ring (bicyclic) bond motifs is 1. The highest BCUT2D eigenvalue weighted by molar-refractivity contribution is 5.63. The van der Waals surface area contributed by atoms with Crippen LogP contribution >= 0.6 is 0 Å². The summed E-state index contributed by atoms with van der Waals surface area (Å²) in [7, 11) is 0. The lowest BCUT2D eigenvalue weighted by Crippen LogP contribution is -2.23. The van der Waals surface area contributed by atoms with Crippen molar-refractivity contribution in [3.63, 3.8) is 0 Å². The third-order valence-electron chi connectivity index (χ3n) is 3.56. The fourth-order valence-electron chi connectivity index (χ4n) is 2.88. The SMILES string of the molecule is CC(C)(C)c1ccc2c(c1C(C)(C)C)CCN2. The van der Waals surface area contributed by atoms with Crippen LogP contribution < -0.4 is 5.32 Å². The minimum atomic E-state index is 0.222. The molecule has 2 rings (SSSR count). The van der Waals surface area contributed by atoms with Crippen LogP contribution in [-0.2, 0) is 17.3 Å². The van der Waals surface area contributed by atoms with Gasteiger partial charge in [0.05, 0.1) is 0 Å². The summed E-state index contributed by atoms with van der Waals surface area (Å²) in [6.07, 6.45) is 1.17. The summed E-state index contributed by atoms with van der Waals surface area (Å²) in [5.74, 6) is 0. The summed E-state index contributed by atoms with van der Waals surface area (Å²) in [5.41, 5.74) is 6.41. The second-order valence-electron chi connectivity index (χ2n) is 7.19. The smallest absolute Gasteiger partial charge is 0.0376 e. The van der Waals surface area contributed by atoms with Crippen molar-refractivity contribution in [3.05, 3.63) is 28.8 Å². The van der Waals surface area contributed by atoms with Crippen molar-refractivity contribution in [2.45, 2.75) is 58.8 Å². The summed E-state index contributed by atoms with van der Waals surface area (Å²) in [5, 5.41) is 3.49. The summed E-state index contributed by atoms with van der Waals surface area (Å²) >= 11 is 0. The lowest BCUT2D eigenvalue weighted by Gasteiger charge is -2.32. The van der Waals surface area contributed by atoms with Gasteiger partial charge in [-0.2, -0.15) is 0 Å². The molecule has 1 aromatic rings. The number of nitrogens with one attached hydrogen (secondary N) is 1. The zero-order valence-corrected chi connectivity index (χ0v) is 12.1. The highest BCUT2D eigenvalue weighted by atomic mass is 14.9. The van der Waals surface area contributed by atoms with Gasteiger partial charge in [-0.05, 0) is 40.0 Å². The molecule has 0 atom stereocenters. The molecular weight excluding hydrogens is 206 g/mol. The Morgan fingerprint density at radius 3 is 2.12 bits per heavy atom. The van der Waals surface area contributed by atoms with Crippen LogP contribution in [0.5, 0.6) is 0 Å². The van der Waals surface area contributed by atoms with Crippen LogP contribution in [0.4, 0.5) is 5.69 Å². The molecule has 0 aromatic heterocycles. The molecule has 0 spiro atoms. The zero-order valence-electron chi connectivity index (χ0n) is 12.1. The van der Waals surface area contributed by atoms with Gasteiger partial charge < -0.3 is 5.32 Å². The number of hydrogen-bond acceptors (Lipinski definition) is 1. The van der Waals surface area contributed by atoms with E-state index in [0.717, 1.165) is 6.54 Å². The van der Waals surface area contributed by atoms with Gasteiger partial charge in [0, 0.05) is 12.2 Å². The summed E-state index contributed by atoms with van der Waals surface area (Å²) in [4.78, 5) is 0. The Bertz CT molecular complexity index is 430. The second-order valence-corrected chi connectivity index (χ2v) is 7.19. The molecule has 0 amide bonds. The van der Waals surface area contributed by atoms with Crippen molar-refractivity contribution in [1.82, 2.24) is 0 Å². The summed E-state index contributed by atoms with van der Waals surface area (Å²) in [6.45, 7) is 15.0. The number of hydrogen-bond donors (Lipinski definition) is 1. The molecule has 0 bridgehead atoms. The normalized spacial score (nSPS) is 15.6. The molecule has 0 saturated carbocycles. The predicted molar refractivity (Wildman–Crippen MR) is 76.0 cm³/mol. The van der Waals surface area contributed by atoms with E-state index in [0.29, 0.717) is 0 Å². The topological polar surface area (TPSA) is 12.0 Å². The Labute approximate surface area is 106 Å². The van der Waals surface area contributed by atoms with Crippen LogP contribution in [0, 0.1) is 0 Å². The number of benzene rings is 1. The summed E-state index contributed by atoms with van der Waals surface area (Å²) in [6, 6.07) is 4.58. The van der Waals surface area contributed by atoms with Gasteiger partial charge in [0.15, 0.2) is 0 Å². The van der Waals surface area contributed by atoms with E-state index in [4.69, 9.17) is 0 Å². The van der Waals surface area contributed by atoms with Gasteiger partial charge >= 0.3 is 0 Å². The molecule has 1 nitrogen and oxygen atoms in total. The van der Waals surface area contributed by atoms with Gasteiger partial charge in [0.2, 0.25) is 0 Å². The van der Waals surface area contributed by atoms with Gasteiger partial charge in [-0.1, -0.05) is 47.6 Å². The predicted octanol–water partition coefficient (Wildman–Crippen LogP) is 4.25. The third-order valence-corrected chi connectivity index (χ3v) is 3.56. The van der Waals surface area contributed by atoms with E-state index in [1.54, 1.807) is 11.1 Å². The van der Waals surface area contributed by atoms with Crippen LogP contribution in [0.1, 0.15) is 58.2 Å². The van der Waals surface area contributed by atoms with E-state index >= 15 is 0 Å². The fraction of sp³-hybridized carbons (Fsp3) is 0.625. The Morgan fingerprint density at radius 1 is 0.941 bits per heavy atom. The standard InChI is InChI=1S/C16H25N/c1-15(2,3)12-7-8-13-11(9-10-17-13)14(12)16(4,5)6/h7-8,17H,9-10H2,1-6H3. The van der Waals surface area contributed by atoms with Gasteiger partial charge in [-0.3, -0.25) is 0 Å². The number of rotatable bonds is 0. The van der Waals surface area contributed by atoms with Crippen LogP contribution in [0.25, 0.3) is 0 Å². The zero-order chi connectivity index (χ0) is 12.8. The van der Waals surface area contributed by atoms with Crippen molar-refractivity contribution >= 4 is 5.69 Å². The molecule has 0 radical (unpaired) electrons. The van der Waals surface area contributed by atoms with Crippen LogP contribution in [0.2, 0.25) is 0 Å². The Kier molecular flexibility index (Phi) is 2.76. The van der Waals surface area contributed by atoms with Gasteiger partial charge in [-0.15, -0.1) is 0 Å². The third kappa shape index (κ3) is 2.20. The Hall–Kier alpha value is -0.980. The molecule has 0 saturated heterocycles. The molecule has 1 N–H and O–H groups in total. The van der Waals surface area contributed by atoms with Crippen molar-refractivity contribution in [2.24, 2.45) is 0 Å². The van der Waals surface area contributed by atoms with E-state index in [9.17, 15) is 0 Å². The van der Waals surface area contributed by atoms with Crippen molar-refractivity contribution in [2.75, 3.05) is 11.9 Å². The van der Waals surface area contributed by atoms with Gasteiger partial charge in [0.1, 0.15) is 0 Å². The van der Waals surface area contributed by atoms with E-state index in [1.165, 1.54) is 17.7 Å². The molecule has 94 valence electrons. The molecule has 0 fully saturated rings. The minimum Gasteiger partial charge on any atom is -0.384 e. The van der Waals surface area contributed by atoms with E-state index in [1.807, 2.05) is 0 Å². The number of anilines is 1. The maximum absolute atomic E-state index is 3.49. The Morgan fingerprint density at radius 2 is 1.59 bits per heavy atom. The van der Waals surface area contributed by atoms with E-state index in [2.05, 4.69) is 59.0 Å². The molecule has 1 aliphatic rings. The van der Waals surface area contributed by atoms with Gasteiger partial charge in [-0.25, -0.2) is 0 Å². The first-order chi connectivity index (χ1) is 7.71. The first-order valence-electron chi connectivity index (χ1n) is 6.62. The maximum Gasteiger partial charge on any atom is 0.0376 e. The molecule has 17 heavy (non-hydrogen) atoms. The lowest BCUT2D eigenvalue weighted by atomic mass is 9.73. The van der Waals surface area contributed by atoms with Crippen LogP contribution in [-0.4, -0.2) is 6.54 Å². The molecular formula is C16H25N. The average Bonchev–Trinajstić information content (AvgIpc) is 2.59. The van der Waals surface area contributed by atoms with Crippen molar-refractivity contribution < 1.29 is 0 Å². The molecule has 1 heteroatoms. The molecule has 1 aliphatic heterocycles. The van der Waals surface area contributed by atoms with Crippen molar-refractivity contribution in [3.8, 4) is 0 Å². The van der Waals surface area contributed by atoms with E-state index < -0.39 is 0 Å². The molecule has 1 aromatic carbocycles. The van der Waals surface area contributed by atoms with Gasteiger partial charge in [0.25, 0.3) is 0 Å². The Balaban J connectivity index is 2.70. The fourth-order valence-corrected chi connectivity index (χ4v) is 2.88. The van der Waals surface area contributed by atoms with Crippen molar-refractivity contribution in [1.29, 1.82) is 0 Å². The van der Waals surface area contributed by atoms with Crippen LogP contribution in [0.3, 0.4) is 0 Å². The van der Waals surface area contributed by atoms with Crippen LogP contribution in [0.15, 0.2) is 12.1 Å².